The molecule has 1 aliphatic heterocycles. The van der Waals surface area contributed by atoms with E-state index >= 15 is 0 Å². The number of carbonyl (C=O) groups excluding carboxylic acids is 1. The molecule has 1 aliphatic rings. The van der Waals surface area contributed by atoms with Gasteiger partial charge in [0.1, 0.15) is 5.75 Å². The van der Waals surface area contributed by atoms with Gasteiger partial charge in [-0.2, -0.15) is 25.1 Å². The Morgan fingerprint density at radius 3 is 2.48 bits per heavy atom. The van der Waals surface area contributed by atoms with E-state index in [-0.39, 0.29) is 18.3 Å². The van der Waals surface area contributed by atoms with E-state index in [0.29, 0.717) is 17.6 Å². The minimum Gasteiger partial charge on any atom is -0.497 e. The molecular weight excluding hydrogens is 394 g/mol. The summed E-state index contributed by atoms with van der Waals surface area (Å²) in [5, 5.41) is 9.75. The maximum absolute atomic E-state index is 12.4. The van der Waals surface area contributed by atoms with Crippen molar-refractivity contribution in [2.24, 2.45) is 5.10 Å². The fourth-order valence-electron chi connectivity index (χ4n) is 3.38. The number of amides is 1. The lowest BCUT2D eigenvalue weighted by atomic mass is 10.2. The van der Waals surface area contributed by atoms with E-state index in [2.05, 4.69) is 25.4 Å². The number of fused-ring (bicyclic) bond motifs is 1. The lowest BCUT2D eigenvalue weighted by Crippen LogP contribution is -2.23. The molecule has 0 aliphatic carbocycles. The number of para-hydroxylation sites is 1. The molecule has 9 heteroatoms. The van der Waals surface area contributed by atoms with Crippen LogP contribution in [0.1, 0.15) is 13.3 Å². The smallest absolute Gasteiger partial charge is 0.260 e. The highest BCUT2D eigenvalue weighted by molar-refractivity contribution is 6.11. The number of hydrogen-bond acceptors (Lipinski definition) is 7. The normalized spacial score (nSPS) is 13.5. The molecule has 3 heterocycles. The Bertz CT molecular complexity index is 1310. The predicted molar refractivity (Wildman–Crippen MR) is 118 cm³/mol. The first-order chi connectivity index (χ1) is 15.1. The highest BCUT2D eigenvalue weighted by atomic mass is 16.5. The SMILES string of the molecule is COc1ccc(Nc2nc(N3N=C(C)CC3=O)nc(-n3ccc4ccccc43)n2)cc1. The summed E-state index contributed by atoms with van der Waals surface area (Å²) in [6.45, 7) is 1.80. The second-order valence-corrected chi connectivity index (χ2v) is 7.07. The zero-order chi connectivity index (χ0) is 21.4. The van der Waals surface area contributed by atoms with Crippen molar-refractivity contribution in [3.05, 3.63) is 60.8 Å². The molecule has 0 saturated heterocycles. The van der Waals surface area contributed by atoms with Crippen molar-refractivity contribution < 1.29 is 9.53 Å². The Labute approximate surface area is 178 Å². The Balaban J connectivity index is 1.60. The van der Waals surface area contributed by atoms with Crippen LogP contribution >= 0.6 is 0 Å². The minimum absolute atomic E-state index is 0.167. The van der Waals surface area contributed by atoms with Crippen molar-refractivity contribution >= 4 is 40.1 Å². The first-order valence-electron chi connectivity index (χ1n) is 9.71. The third-order valence-corrected chi connectivity index (χ3v) is 4.88. The average molecular weight is 413 g/mol. The third-order valence-electron chi connectivity index (χ3n) is 4.88. The van der Waals surface area contributed by atoms with Crippen molar-refractivity contribution in [2.45, 2.75) is 13.3 Å². The van der Waals surface area contributed by atoms with Gasteiger partial charge in [0, 0.05) is 23.0 Å². The summed E-state index contributed by atoms with van der Waals surface area (Å²) in [5.41, 5.74) is 2.43. The number of methoxy groups -OCH3 is 1. The van der Waals surface area contributed by atoms with E-state index < -0.39 is 0 Å². The number of benzene rings is 2. The summed E-state index contributed by atoms with van der Waals surface area (Å²) >= 11 is 0. The standard InChI is InChI=1S/C22H19N7O2/c1-14-13-19(30)29(27-14)22-25-20(23-16-7-9-17(31-2)10-8-16)24-21(26-22)28-12-11-15-5-3-4-6-18(15)28/h3-12H,13H2,1-2H3,(H,23,24,25,26). The van der Waals surface area contributed by atoms with Crippen LogP contribution < -0.4 is 15.1 Å². The quantitative estimate of drug-likeness (QED) is 0.536. The number of hydrazone groups is 1. The number of aromatic nitrogens is 4. The van der Waals surface area contributed by atoms with Crippen molar-refractivity contribution in [1.29, 1.82) is 0 Å². The Morgan fingerprint density at radius 1 is 0.968 bits per heavy atom. The summed E-state index contributed by atoms with van der Waals surface area (Å²) < 4.78 is 7.06. The van der Waals surface area contributed by atoms with Gasteiger partial charge >= 0.3 is 0 Å². The molecular formula is C22H19N7O2. The number of nitrogens with one attached hydrogen (secondary N) is 1. The van der Waals surface area contributed by atoms with Gasteiger partial charge in [-0.15, -0.1) is 0 Å². The maximum atomic E-state index is 12.4. The Hall–Kier alpha value is -4.27. The average Bonchev–Trinajstić information content (AvgIpc) is 3.36. The van der Waals surface area contributed by atoms with Gasteiger partial charge < -0.3 is 10.1 Å². The van der Waals surface area contributed by atoms with E-state index in [4.69, 9.17) is 4.74 Å². The molecule has 0 fully saturated rings. The predicted octanol–water partition coefficient (Wildman–Crippen LogP) is 3.68. The van der Waals surface area contributed by atoms with Crippen LogP contribution in [0.4, 0.5) is 17.6 Å². The Kier molecular flexibility index (Phi) is 4.55. The van der Waals surface area contributed by atoms with Gasteiger partial charge in [-0.25, -0.2) is 0 Å². The van der Waals surface area contributed by atoms with Crippen molar-refractivity contribution in [2.75, 3.05) is 17.4 Å². The van der Waals surface area contributed by atoms with Crippen LogP contribution in [-0.4, -0.2) is 38.2 Å². The highest BCUT2D eigenvalue weighted by Gasteiger charge is 2.26. The second kappa shape index (κ2) is 7.52. The number of ether oxygens (including phenoxy) is 1. The van der Waals surface area contributed by atoms with Crippen molar-refractivity contribution in [3.8, 4) is 11.7 Å². The summed E-state index contributed by atoms with van der Waals surface area (Å²) in [7, 11) is 1.62. The fourth-order valence-corrected chi connectivity index (χ4v) is 3.38. The molecule has 4 aromatic rings. The molecule has 0 atom stereocenters. The summed E-state index contributed by atoms with van der Waals surface area (Å²) in [6, 6.07) is 17.3. The fraction of sp³-hybridized carbons (Fsp3) is 0.136. The van der Waals surface area contributed by atoms with Gasteiger partial charge in [0.25, 0.3) is 11.9 Å². The molecule has 2 aromatic carbocycles. The molecule has 31 heavy (non-hydrogen) atoms. The molecule has 0 saturated carbocycles. The van der Waals surface area contributed by atoms with Crippen LogP contribution in [0.2, 0.25) is 0 Å². The topological polar surface area (TPSA) is 97.5 Å². The Morgan fingerprint density at radius 2 is 1.74 bits per heavy atom. The second-order valence-electron chi connectivity index (χ2n) is 7.07. The van der Waals surface area contributed by atoms with Gasteiger partial charge in [-0.3, -0.25) is 9.36 Å². The molecule has 0 spiro atoms. The monoisotopic (exact) mass is 413 g/mol. The molecule has 1 amide bonds. The molecule has 5 rings (SSSR count). The number of anilines is 3. The summed E-state index contributed by atoms with van der Waals surface area (Å²) in [4.78, 5) is 26.0. The minimum atomic E-state index is -0.178. The number of carbonyl (C=O) groups is 1. The van der Waals surface area contributed by atoms with E-state index in [9.17, 15) is 4.79 Å². The van der Waals surface area contributed by atoms with Gasteiger partial charge in [0.2, 0.25) is 11.9 Å². The van der Waals surface area contributed by atoms with Crippen LogP contribution in [0, 0.1) is 0 Å². The molecule has 0 unspecified atom stereocenters. The van der Waals surface area contributed by atoms with Gasteiger partial charge in [0.15, 0.2) is 0 Å². The van der Waals surface area contributed by atoms with E-state index in [1.807, 2.05) is 65.4 Å². The molecule has 9 nitrogen and oxygen atoms in total. The molecule has 1 N–H and O–H groups in total. The summed E-state index contributed by atoms with van der Waals surface area (Å²) in [6.07, 6.45) is 2.13. The number of rotatable bonds is 5. The first kappa shape index (κ1) is 18.7. The van der Waals surface area contributed by atoms with Crippen LogP contribution in [0.25, 0.3) is 16.9 Å². The first-order valence-corrected chi connectivity index (χ1v) is 9.71. The van der Waals surface area contributed by atoms with Crippen LogP contribution in [0.3, 0.4) is 0 Å². The summed E-state index contributed by atoms with van der Waals surface area (Å²) in [5.74, 6) is 1.42. The number of nitrogens with zero attached hydrogens (tertiary/aromatic N) is 6. The van der Waals surface area contributed by atoms with E-state index in [0.717, 1.165) is 22.3 Å². The van der Waals surface area contributed by atoms with Gasteiger partial charge in [-0.05, 0) is 43.3 Å². The van der Waals surface area contributed by atoms with Gasteiger partial charge in [0.05, 0.1) is 19.0 Å². The largest absolute Gasteiger partial charge is 0.497 e. The van der Waals surface area contributed by atoms with Crippen LogP contribution in [0.5, 0.6) is 5.75 Å². The molecule has 0 radical (unpaired) electrons. The van der Waals surface area contributed by atoms with Crippen LogP contribution in [-0.2, 0) is 4.79 Å². The molecule has 2 aromatic heterocycles. The van der Waals surface area contributed by atoms with E-state index in [1.165, 1.54) is 5.01 Å². The van der Waals surface area contributed by atoms with Crippen LogP contribution in [0.15, 0.2) is 65.9 Å². The maximum Gasteiger partial charge on any atom is 0.260 e. The lowest BCUT2D eigenvalue weighted by Gasteiger charge is -2.14. The third kappa shape index (κ3) is 3.57. The zero-order valence-corrected chi connectivity index (χ0v) is 17.0. The van der Waals surface area contributed by atoms with Crippen molar-refractivity contribution in [3.63, 3.8) is 0 Å². The van der Waals surface area contributed by atoms with Gasteiger partial charge in [-0.1, -0.05) is 18.2 Å². The zero-order valence-electron chi connectivity index (χ0n) is 17.0. The van der Waals surface area contributed by atoms with E-state index in [1.54, 1.807) is 14.0 Å². The number of hydrogen-bond donors (Lipinski definition) is 1. The molecule has 0 bridgehead atoms. The van der Waals surface area contributed by atoms with Crippen molar-refractivity contribution in [1.82, 2.24) is 19.5 Å². The highest BCUT2D eigenvalue weighted by Crippen LogP contribution is 2.24. The molecule has 154 valence electrons. The lowest BCUT2D eigenvalue weighted by molar-refractivity contribution is -0.117.